The number of nitrogens with two attached hydrogens (primary N) is 3. The first-order valence-electron chi connectivity index (χ1n) is 4.32. The van der Waals surface area contributed by atoms with Crippen molar-refractivity contribution in [2.75, 3.05) is 7.11 Å². The lowest BCUT2D eigenvalue weighted by atomic mass is 10.2. The molecule has 6 nitrogen and oxygen atoms in total. The Kier molecular flexibility index (Phi) is 7.27. The number of hydrazone groups is 1. The maximum absolute atomic E-state index is 5.54. The first-order valence-corrected chi connectivity index (χ1v) is 4.32. The fourth-order valence-corrected chi connectivity index (χ4v) is 0.934. The van der Waals surface area contributed by atoms with E-state index in [4.69, 9.17) is 22.0 Å². The Balaban J connectivity index is 3.30. The molecule has 0 saturated carbocycles. The minimum absolute atomic E-state index is 0.165. The third-order valence-corrected chi connectivity index (χ3v) is 1.72. The number of hydrogen-bond acceptors (Lipinski definition) is 4. The van der Waals surface area contributed by atoms with Gasteiger partial charge in [0.05, 0.1) is 6.42 Å². The number of nitrogens with one attached hydrogen (secondary N) is 2. The molecule has 0 amide bonds. The molecule has 8 N–H and O–H groups in total. The second-order valence-electron chi connectivity index (χ2n) is 2.81. The Morgan fingerprint density at radius 3 is 2.77 bits per heavy atom. The van der Waals surface area contributed by atoms with Crippen LogP contribution in [0.3, 0.4) is 0 Å². The predicted octanol–water partition coefficient (Wildman–Crippen LogP) is -2.71. The molecular weight excluding hydrogens is 170 g/mol. The number of methoxy groups -OCH3 is 1. The number of rotatable bonds is 7. The van der Waals surface area contributed by atoms with Crippen LogP contribution in [0, 0.1) is 0 Å². The molecule has 0 spiro atoms. The molecule has 1 atom stereocenters. The molecule has 0 aromatic heterocycles. The Labute approximate surface area is 78.4 Å². The van der Waals surface area contributed by atoms with Gasteiger partial charge in [0.1, 0.15) is 6.23 Å². The normalized spacial score (nSPS) is 14.2. The van der Waals surface area contributed by atoms with Crippen LogP contribution in [0.4, 0.5) is 0 Å². The van der Waals surface area contributed by atoms with Gasteiger partial charge in [-0.3, -0.25) is 5.73 Å². The lowest BCUT2D eigenvalue weighted by Gasteiger charge is -2.07. The van der Waals surface area contributed by atoms with Gasteiger partial charge in [0.25, 0.3) is 5.84 Å². The maximum Gasteiger partial charge on any atom is 0.264 e. The van der Waals surface area contributed by atoms with Gasteiger partial charge in [-0.1, -0.05) is 0 Å². The van der Waals surface area contributed by atoms with E-state index in [1.54, 1.807) is 7.11 Å². The van der Waals surface area contributed by atoms with Crippen molar-refractivity contribution in [3.05, 3.63) is 0 Å². The molecule has 0 aliphatic heterocycles. The second kappa shape index (κ2) is 7.78. The van der Waals surface area contributed by atoms with Gasteiger partial charge in [-0.15, -0.1) is 0 Å². The number of amidine groups is 1. The van der Waals surface area contributed by atoms with E-state index in [0.29, 0.717) is 5.84 Å². The fraction of sp³-hybridized carbons (Fsp3) is 0.857. The van der Waals surface area contributed by atoms with E-state index in [9.17, 15) is 0 Å². The lowest BCUT2D eigenvalue weighted by molar-refractivity contribution is -0.530. The molecule has 0 rings (SSSR count). The van der Waals surface area contributed by atoms with Crippen molar-refractivity contribution in [3.8, 4) is 0 Å². The van der Waals surface area contributed by atoms with Crippen LogP contribution >= 0.6 is 0 Å². The zero-order valence-corrected chi connectivity index (χ0v) is 8.05. The molecule has 6 heteroatoms. The van der Waals surface area contributed by atoms with Gasteiger partial charge in [0.15, 0.2) is 0 Å². The van der Waals surface area contributed by atoms with Gasteiger partial charge < -0.3 is 10.5 Å². The predicted molar refractivity (Wildman–Crippen MR) is 50.9 cm³/mol. The maximum atomic E-state index is 5.54. The Morgan fingerprint density at radius 1 is 1.54 bits per heavy atom. The van der Waals surface area contributed by atoms with Crippen molar-refractivity contribution < 1.29 is 9.84 Å². The molecule has 0 aliphatic rings. The summed E-state index contributed by atoms with van der Waals surface area (Å²) in [5, 5.41) is 2.61. The van der Waals surface area contributed by atoms with E-state index in [-0.39, 0.29) is 6.23 Å². The standard InChI is InChI=1S/C7H19N5O/c1-13-7(9)5-3-2-4-6(8)11-12-10/h7,12H,2-5,9-10H2,1H3,(H2,8,11)/p+1. The molecule has 78 valence electrons. The van der Waals surface area contributed by atoms with Crippen molar-refractivity contribution in [2.24, 2.45) is 17.3 Å². The van der Waals surface area contributed by atoms with Gasteiger partial charge in [-0.25, -0.2) is 5.84 Å². The first-order chi connectivity index (χ1) is 6.20. The van der Waals surface area contributed by atoms with Crippen LogP contribution < -0.4 is 27.9 Å². The van der Waals surface area contributed by atoms with Crippen LogP contribution in [0.15, 0.2) is 0 Å². The molecule has 0 heterocycles. The summed E-state index contributed by atoms with van der Waals surface area (Å²) in [6.45, 7) is 0. The average molecular weight is 190 g/mol. The first kappa shape index (κ1) is 12.2. The molecule has 0 saturated heterocycles. The Bertz CT molecular complexity index is 150. The minimum atomic E-state index is -0.165. The number of hydrazine groups is 2. The SMILES string of the molecule is COC(N)CCCCC(N)=[NH+]NN. The third-order valence-electron chi connectivity index (χ3n) is 1.72. The summed E-state index contributed by atoms with van der Waals surface area (Å²) in [6.07, 6.45) is 3.42. The van der Waals surface area contributed by atoms with Gasteiger partial charge in [0.2, 0.25) is 0 Å². The summed E-state index contributed by atoms with van der Waals surface area (Å²) in [5.74, 6) is 5.63. The summed E-state index contributed by atoms with van der Waals surface area (Å²) in [4.78, 5) is 0. The Hall–Kier alpha value is -0.850. The zero-order chi connectivity index (χ0) is 10.1. The highest BCUT2D eigenvalue weighted by atomic mass is 16.5. The van der Waals surface area contributed by atoms with Gasteiger partial charge in [-0.2, -0.15) is 10.6 Å². The molecule has 0 aliphatic carbocycles. The van der Waals surface area contributed by atoms with Crippen molar-refractivity contribution >= 4 is 5.84 Å². The van der Waals surface area contributed by atoms with E-state index in [1.165, 1.54) is 0 Å². The molecule has 0 bridgehead atoms. The summed E-state index contributed by atoms with van der Waals surface area (Å²) >= 11 is 0. The van der Waals surface area contributed by atoms with E-state index >= 15 is 0 Å². The van der Waals surface area contributed by atoms with Crippen LogP contribution in [0.1, 0.15) is 25.7 Å². The molecule has 0 aromatic rings. The number of ether oxygens (including phenoxy) is 1. The summed E-state index contributed by atoms with van der Waals surface area (Å²) < 4.78 is 4.90. The van der Waals surface area contributed by atoms with E-state index < -0.39 is 0 Å². The van der Waals surface area contributed by atoms with Crippen LogP contribution in [0.5, 0.6) is 0 Å². The van der Waals surface area contributed by atoms with Crippen LogP contribution in [-0.2, 0) is 4.74 Å². The minimum Gasteiger partial charge on any atom is -0.367 e. The summed E-state index contributed by atoms with van der Waals surface area (Å²) in [6, 6.07) is 0. The number of hydrogen-bond donors (Lipinski definition) is 5. The van der Waals surface area contributed by atoms with E-state index in [0.717, 1.165) is 25.7 Å². The topological polar surface area (TPSA) is 113 Å². The Morgan fingerprint density at radius 2 is 2.23 bits per heavy atom. The largest absolute Gasteiger partial charge is 0.367 e. The summed E-state index contributed by atoms with van der Waals surface area (Å²) in [7, 11) is 1.60. The van der Waals surface area contributed by atoms with Crippen molar-refractivity contribution in [3.63, 3.8) is 0 Å². The molecule has 0 aromatic carbocycles. The van der Waals surface area contributed by atoms with Crippen LogP contribution in [-0.4, -0.2) is 19.2 Å². The highest BCUT2D eigenvalue weighted by Crippen LogP contribution is 2.01. The van der Waals surface area contributed by atoms with Gasteiger partial charge in [0, 0.05) is 7.11 Å². The second-order valence-corrected chi connectivity index (χ2v) is 2.81. The smallest absolute Gasteiger partial charge is 0.264 e. The highest BCUT2D eigenvalue weighted by Gasteiger charge is 2.01. The summed E-state index contributed by atoms with van der Waals surface area (Å²) in [5.41, 5.74) is 13.3. The monoisotopic (exact) mass is 190 g/mol. The van der Waals surface area contributed by atoms with E-state index in [2.05, 4.69) is 10.6 Å². The van der Waals surface area contributed by atoms with Crippen LogP contribution in [0.25, 0.3) is 0 Å². The zero-order valence-electron chi connectivity index (χ0n) is 8.05. The lowest BCUT2D eigenvalue weighted by Crippen LogP contribution is -2.87. The highest BCUT2D eigenvalue weighted by molar-refractivity contribution is 5.73. The van der Waals surface area contributed by atoms with E-state index in [1.807, 2.05) is 0 Å². The molecule has 1 unspecified atom stereocenters. The molecular formula is C7H20N5O+. The number of unbranched alkanes of at least 4 members (excludes halogenated alkanes) is 1. The van der Waals surface area contributed by atoms with Gasteiger partial charge >= 0.3 is 0 Å². The molecule has 13 heavy (non-hydrogen) atoms. The quantitative estimate of drug-likeness (QED) is 0.0748. The third kappa shape index (κ3) is 7.51. The van der Waals surface area contributed by atoms with Crippen molar-refractivity contribution in [2.45, 2.75) is 31.9 Å². The molecule has 0 radical (unpaired) electrons. The van der Waals surface area contributed by atoms with Crippen molar-refractivity contribution in [1.82, 2.24) is 5.53 Å². The average Bonchev–Trinajstić information content (AvgIpc) is 2.12. The fourth-order valence-electron chi connectivity index (χ4n) is 0.934. The van der Waals surface area contributed by atoms with Crippen molar-refractivity contribution in [1.29, 1.82) is 0 Å². The van der Waals surface area contributed by atoms with Gasteiger partial charge in [-0.05, 0) is 19.3 Å². The molecule has 0 fully saturated rings. The van der Waals surface area contributed by atoms with Crippen LogP contribution in [0.2, 0.25) is 0 Å².